The van der Waals surface area contributed by atoms with E-state index in [2.05, 4.69) is 22.5 Å². The van der Waals surface area contributed by atoms with Crippen LogP contribution in [0.2, 0.25) is 0 Å². The Balaban J connectivity index is 1.37. The molecule has 2 N–H and O–H groups in total. The summed E-state index contributed by atoms with van der Waals surface area (Å²) in [5.41, 5.74) is 1.14. The highest BCUT2D eigenvalue weighted by molar-refractivity contribution is 5.94. The Morgan fingerprint density at radius 1 is 1.18 bits per heavy atom. The third-order valence-corrected chi connectivity index (χ3v) is 5.71. The Bertz CT molecular complexity index is 851. The van der Waals surface area contributed by atoms with Gasteiger partial charge in [0.15, 0.2) is 0 Å². The van der Waals surface area contributed by atoms with E-state index in [-0.39, 0.29) is 23.8 Å². The van der Waals surface area contributed by atoms with Crippen molar-refractivity contribution in [1.82, 2.24) is 10.2 Å². The first-order valence-corrected chi connectivity index (χ1v) is 9.68. The van der Waals surface area contributed by atoms with Crippen molar-refractivity contribution in [3.63, 3.8) is 0 Å². The zero-order valence-electron chi connectivity index (χ0n) is 16.1. The molecule has 1 aromatic carbocycles. The van der Waals surface area contributed by atoms with Crippen LogP contribution in [0.1, 0.15) is 37.0 Å². The molecule has 7 heteroatoms. The fourth-order valence-corrected chi connectivity index (χ4v) is 4.21. The molecule has 1 aromatic heterocycles. The summed E-state index contributed by atoms with van der Waals surface area (Å²) in [5, 5.41) is 5.85. The molecule has 3 aliphatic heterocycles. The monoisotopic (exact) mass is 383 g/mol. The standard InChI is InChI=1S/C21H25N3O4/c1-13-20(15-7-9-24(13)10-8-15)23-21(26)16-3-5-18(6-4-16)28-19-11-17(12-27-19)22-14(2)25/h3-6,11-13,15,20H,7-10H2,1-2H3,(H,22,25)(H,23,26)/t13-,20-/m0/s1. The lowest BCUT2D eigenvalue weighted by molar-refractivity contribution is -0.114. The topological polar surface area (TPSA) is 83.8 Å². The molecule has 2 atom stereocenters. The van der Waals surface area contributed by atoms with Crippen molar-refractivity contribution in [3.8, 4) is 11.7 Å². The quantitative estimate of drug-likeness (QED) is 0.828. The Morgan fingerprint density at radius 2 is 1.89 bits per heavy atom. The molecule has 2 amide bonds. The van der Waals surface area contributed by atoms with Gasteiger partial charge in [0.2, 0.25) is 5.91 Å². The first-order chi connectivity index (χ1) is 13.5. The van der Waals surface area contributed by atoms with Crippen LogP contribution in [0.5, 0.6) is 11.7 Å². The first kappa shape index (κ1) is 18.6. The summed E-state index contributed by atoms with van der Waals surface area (Å²) < 4.78 is 10.9. The van der Waals surface area contributed by atoms with Gasteiger partial charge in [-0.15, -0.1) is 0 Å². The van der Waals surface area contributed by atoms with E-state index in [0.29, 0.717) is 29.0 Å². The molecule has 3 aliphatic rings. The van der Waals surface area contributed by atoms with Gasteiger partial charge in [-0.3, -0.25) is 14.5 Å². The Hall–Kier alpha value is -2.80. The number of carbonyl (C=O) groups excluding carboxylic acids is 2. The number of nitrogens with zero attached hydrogens (tertiary/aromatic N) is 1. The Kier molecular flexibility index (Phi) is 5.09. The van der Waals surface area contributed by atoms with Gasteiger partial charge in [0.05, 0.1) is 5.69 Å². The van der Waals surface area contributed by atoms with E-state index in [0.717, 1.165) is 25.9 Å². The molecule has 3 fully saturated rings. The second-order valence-corrected chi connectivity index (χ2v) is 7.58. The van der Waals surface area contributed by atoms with Crippen molar-refractivity contribution in [2.24, 2.45) is 5.92 Å². The summed E-state index contributed by atoms with van der Waals surface area (Å²) in [6.45, 7) is 5.90. The molecular formula is C21H25N3O4. The normalized spacial score (nSPS) is 25.9. The van der Waals surface area contributed by atoms with Crippen LogP contribution in [0, 0.1) is 5.92 Å². The zero-order chi connectivity index (χ0) is 19.7. The zero-order valence-corrected chi connectivity index (χ0v) is 16.1. The van der Waals surface area contributed by atoms with Crippen molar-refractivity contribution in [1.29, 1.82) is 0 Å². The maximum Gasteiger partial charge on any atom is 0.291 e. The predicted molar refractivity (Wildman–Crippen MR) is 105 cm³/mol. The molecule has 2 aromatic rings. The number of furan rings is 1. The van der Waals surface area contributed by atoms with Crippen molar-refractivity contribution in [2.75, 3.05) is 18.4 Å². The van der Waals surface area contributed by atoms with E-state index in [1.165, 1.54) is 13.2 Å². The van der Waals surface area contributed by atoms with Crippen LogP contribution < -0.4 is 15.4 Å². The first-order valence-electron chi connectivity index (χ1n) is 9.68. The fraction of sp³-hybridized carbons (Fsp3) is 0.429. The maximum atomic E-state index is 12.7. The van der Waals surface area contributed by atoms with Crippen LogP contribution in [-0.2, 0) is 4.79 Å². The summed E-state index contributed by atoms with van der Waals surface area (Å²) in [6.07, 6.45) is 3.73. The van der Waals surface area contributed by atoms with Crippen LogP contribution in [-0.4, -0.2) is 41.9 Å². The van der Waals surface area contributed by atoms with E-state index in [1.807, 2.05) is 0 Å². The van der Waals surface area contributed by atoms with E-state index in [4.69, 9.17) is 9.15 Å². The number of amides is 2. The highest BCUT2D eigenvalue weighted by Gasteiger charge is 2.40. The number of nitrogens with one attached hydrogen (secondary N) is 2. The van der Waals surface area contributed by atoms with Gasteiger partial charge in [-0.1, -0.05) is 0 Å². The number of hydrogen-bond acceptors (Lipinski definition) is 5. The van der Waals surface area contributed by atoms with E-state index >= 15 is 0 Å². The number of fused-ring (bicyclic) bond motifs is 3. The van der Waals surface area contributed by atoms with Crippen LogP contribution >= 0.6 is 0 Å². The van der Waals surface area contributed by atoms with Crippen LogP contribution in [0.15, 0.2) is 41.0 Å². The van der Waals surface area contributed by atoms with Crippen molar-refractivity contribution in [3.05, 3.63) is 42.2 Å². The molecule has 28 heavy (non-hydrogen) atoms. The molecule has 2 bridgehead atoms. The van der Waals surface area contributed by atoms with Crippen LogP contribution in [0.4, 0.5) is 5.69 Å². The summed E-state index contributed by atoms with van der Waals surface area (Å²) in [7, 11) is 0. The average molecular weight is 383 g/mol. The fourth-order valence-electron chi connectivity index (χ4n) is 4.21. The molecule has 0 spiro atoms. The van der Waals surface area contributed by atoms with Crippen molar-refractivity contribution in [2.45, 2.75) is 38.8 Å². The van der Waals surface area contributed by atoms with Crippen molar-refractivity contribution >= 4 is 17.5 Å². The van der Waals surface area contributed by atoms with Gasteiger partial charge in [-0.05, 0) is 63.0 Å². The molecule has 0 aliphatic carbocycles. The van der Waals surface area contributed by atoms with E-state index < -0.39 is 0 Å². The van der Waals surface area contributed by atoms with E-state index in [9.17, 15) is 9.59 Å². The molecule has 7 nitrogen and oxygen atoms in total. The second-order valence-electron chi connectivity index (χ2n) is 7.58. The lowest BCUT2D eigenvalue weighted by atomic mass is 9.79. The van der Waals surface area contributed by atoms with Gasteiger partial charge in [0.1, 0.15) is 12.0 Å². The number of carbonyl (C=O) groups is 2. The average Bonchev–Trinajstić information content (AvgIpc) is 3.11. The van der Waals surface area contributed by atoms with Gasteiger partial charge in [0, 0.05) is 30.6 Å². The predicted octanol–water partition coefficient (Wildman–Crippen LogP) is 3.24. The maximum absolute atomic E-state index is 12.7. The summed E-state index contributed by atoms with van der Waals surface area (Å²) >= 11 is 0. The molecule has 3 saturated heterocycles. The van der Waals surface area contributed by atoms with E-state index in [1.54, 1.807) is 30.3 Å². The Morgan fingerprint density at radius 3 is 2.54 bits per heavy atom. The smallest absolute Gasteiger partial charge is 0.291 e. The third-order valence-electron chi connectivity index (χ3n) is 5.71. The van der Waals surface area contributed by atoms with Gasteiger partial charge >= 0.3 is 0 Å². The highest BCUT2D eigenvalue weighted by Crippen LogP contribution is 2.32. The Labute approximate surface area is 164 Å². The molecule has 4 heterocycles. The van der Waals surface area contributed by atoms with Gasteiger partial charge in [-0.25, -0.2) is 0 Å². The van der Waals surface area contributed by atoms with Gasteiger partial charge in [-0.2, -0.15) is 0 Å². The molecule has 0 saturated carbocycles. The summed E-state index contributed by atoms with van der Waals surface area (Å²) in [4.78, 5) is 26.2. The SMILES string of the molecule is CC(=O)Nc1coc(Oc2ccc(C(=O)N[C@@H]3C4CCN(CC4)[C@H]3C)cc2)c1. The summed E-state index contributed by atoms with van der Waals surface area (Å²) in [5.74, 6) is 1.16. The van der Waals surface area contributed by atoms with Crippen LogP contribution in [0.3, 0.4) is 0 Å². The number of piperidine rings is 3. The van der Waals surface area contributed by atoms with Crippen LogP contribution in [0.25, 0.3) is 0 Å². The molecule has 0 unspecified atom stereocenters. The minimum Gasteiger partial charge on any atom is -0.432 e. The lowest BCUT2D eigenvalue weighted by Gasteiger charge is -2.49. The van der Waals surface area contributed by atoms with Gasteiger partial charge < -0.3 is 19.8 Å². The second kappa shape index (κ2) is 7.67. The number of rotatable bonds is 5. The molecule has 148 valence electrons. The summed E-state index contributed by atoms with van der Waals surface area (Å²) in [6, 6.07) is 9.14. The van der Waals surface area contributed by atoms with Crippen molar-refractivity contribution < 1.29 is 18.7 Å². The lowest BCUT2D eigenvalue weighted by Crippen LogP contribution is -2.62. The largest absolute Gasteiger partial charge is 0.432 e. The number of benzene rings is 1. The molecular weight excluding hydrogens is 358 g/mol. The minimum atomic E-state index is -0.181. The molecule has 0 radical (unpaired) electrons. The number of ether oxygens (including phenoxy) is 1. The number of hydrogen-bond donors (Lipinski definition) is 2. The molecule has 5 rings (SSSR count). The van der Waals surface area contributed by atoms with Gasteiger partial charge in [0.25, 0.3) is 11.9 Å². The minimum absolute atomic E-state index is 0.0527. The third kappa shape index (κ3) is 3.89. The number of anilines is 1. The highest BCUT2D eigenvalue weighted by atomic mass is 16.6.